The summed E-state index contributed by atoms with van der Waals surface area (Å²) in [7, 11) is 0. The van der Waals surface area contributed by atoms with E-state index in [1.54, 1.807) is 35.4 Å². The highest BCUT2D eigenvalue weighted by molar-refractivity contribution is 5.94. The lowest BCUT2D eigenvalue weighted by molar-refractivity contribution is 0.0601. The van der Waals surface area contributed by atoms with Gasteiger partial charge < -0.3 is 15.2 Å². The molecule has 2 N–H and O–H groups in total. The van der Waals surface area contributed by atoms with Crippen LogP contribution in [0.2, 0.25) is 0 Å². The molecule has 0 aliphatic heterocycles. The van der Waals surface area contributed by atoms with Crippen LogP contribution in [0.1, 0.15) is 59.3 Å². The lowest BCUT2D eigenvalue weighted by atomic mass is 9.98. The smallest absolute Gasteiger partial charge is 0.267 e. The Hall–Kier alpha value is -3.85. The van der Waals surface area contributed by atoms with Crippen LogP contribution in [0.15, 0.2) is 57.8 Å². The van der Waals surface area contributed by atoms with Crippen LogP contribution >= 0.6 is 0 Å². The van der Waals surface area contributed by atoms with Crippen LogP contribution in [0.4, 0.5) is 4.39 Å². The maximum atomic E-state index is 14.4. The number of carbonyl (C=O) groups excluding carboxylic acids is 1. The van der Waals surface area contributed by atoms with Gasteiger partial charge >= 0.3 is 0 Å². The van der Waals surface area contributed by atoms with E-state index in [9.17, 15) is 14.0 Å². The molecule has 0 saturated heterocycles. The van der Waals surface area contributed by atoms with Gasteiger partial charge in [-0.25, -0.2) is 4.39 Å². The van der Waals surface area contributed by atoms with Gasteiger partial charge in [0.2, 0.25) is 0 Å². The van der Waals surface area contributed by atoms with Crippen molar-refractivity contribution in [3.05, 3.63) is 92.9 Å². The van der Waals surface area contributed by atoms with Crippen molar-refractivity contribution in [2.45, 2.75) is 46.7 Å². The van der Waals surface area contributed by atoms with E-state index in [0.29, 0.717) is 42.0 Å². The molecular formula is C28H32FN5O3. The second-order valence-corrected chi connectivity index (χ2v) is 9.59. The highest BCUT2D eigenvalue weighted by Crippen LogP contribution is 2.31. The minimum atomic E-state index is -0.616. The number of rotatable bonds is 9. The predicted molar refractivity (Wildman–Crippen MR) is 140 cm³/mol. The normalized spacial score (nSPS) is 12.3. The van der Waals surface area contributed by atoms with Gasteiger partial charge in [-0.2, -0.15) is 4.98 Å². The van der Waals surface area contributed by atoms with E-state index in [2.05, 4.69) is 5.16 Å². The number of nitrogens with zero attached hydrogens (tertiary/aromatic N) is 4. The molecule has 0 saturated carbocycles. The maximum absolute atomic E-state index is 14.4. The molecule has 37 heavy (non-hydrogen) atoms. The van der Waals surface area contributed by atoms with Crippen LogP contribution in [-0.2, 0) is 6.54 Å². The summed E-state index contributed by atoms with van der Waals surface area (Å²) in [5, 5.41) is 4.26. The Kier molecular flexibility index (Phi) is 7.83. The second kappa shape index (κ2) is 11.0. The van der Waals surface area contributed by atoms with Crippen molar-refractivity contribution in [1.29, 1.82) is 0 Å². The minimum Gasteiger partial charge on any atom is -0.335 e. The van der Waals surface area contributed by atoms with Crippen molar-refractivity contribution in [2.75, 3.05) is 13.1 Å². The zero-order valence-electron chi connectivity index (χ0n) is 21.6. The molecule has 2 aromatic carbocycles. The molecule has 8 nitrogen and oxygen atoms in total. The molecule has 0 aliphatic carbocycles. The van der Waals surface area contributed by atoms with E-state index in [1.807, 2.05) is 44.2 Å². The topological polar surface area (TPSA) is 107 Å². The first-order chi connectivity index (χ1) is 17.7. The van der Waals surface area contributed by atoms with Gasteiger partial charge in [0.05, 0.1) is 18.3 Å². The van der Waals surface area contributed by atoms with Gasteiger partial charge in [-0.05, 0) is 56.0 Å². The van der Waals surface area contributed by atoms with Gasteiger partial charge in [-0.1, -0.05) is 55.4 Å². The fourth-order valence-corrected chi connectivity index (χ4v) is 4.55. The quantitative estimate of drug-likeness (QED) is 0.362. The highest BCUT2D eigenvalue weighted by atomic mass is 19.1. The molecule has 194 valence electrons. The van der Waals surface area contributed by atoms with E-state index in [4.69, 9.17) is 15.2 Å². The average Bonchev–Trinajstić information content (AvgIpc) is 3.25. The SMILES string of the molecule is Cc1ccc(C(=O)N(CCCN)C(c2nc3onc(C)c3c(=O)n2Cc2ccccc2)C(C)C)cc1F. The summed E-state index contributed by atoms with van der Waals surface area (Å²) in [5.74, 6) is -0.582. The number of nitrogens with two attached hydrogens (primary N) is 1. The molecule has 1 atom stereocenters. The highest BCUT2D eigenvalue weighted by Gasteiger charge is 2.33. The van der Waals surface area contributed by atoms with Gasteiger partial charge in [0.25, 0.3) is 17.2 Å². The Morgan fingerprint density at radius 3 is 2.54 bits per heavy atom. The molecule has 1 unspecified atom stereocenters. The van der Waals surface area contributed by atoms with Crippen LogP contribution in [-0.4, -0.2) is 38.6 Å². The van der Waals surface area contributed by atoms with Gasteiger partial charge in [0.15, 0.2) is 0 Å². The molecule has 2 aromatic heterocycles. The van der Waals surface area contributed by atoms with Crippen LogP contribution in [0, 0.1) is 25.6 Å². The Morgan fingerprint density at radius 1 is 1.16 bits per heavy atom. The number of aromatic nitrogens is 3. The minimum absolute atomic E-state index is 0.125. The van der Waals surface area contributed by atoms with E-state index >= 15 is 0 Å². The van der Waals surface area contributed by atoms with Crippen molar-refractivity contribution < 1.29 is 13.7 Å². The Bertz CT molecular complexity index is 1460. The third kappa shape index (κ3) is 5.32. The van der Waals surface area contributed by atoms with Crippen LogP contribution in [0.5, 0.6) is 0 Å². The molecule has 0 fully saturated rings. The number of benzene rings is 2. The van der Waals surface area contributed by atoms with Crippen molar-refractivity contribution in [3.63, 3.8) is 0 Å². The van der Waals surface area contributed by atoms with Crippen molar-refractivity contribution in [2.24, 2.45) is 11.7 Å². The molecular weight excluding hydrogens is 473 g/mol. The lowest BCUT2D eigenvalue weighted by Crippen LogP contribution is -2.42. The number of halogens is 1. The maximum Gasteiger partial charge on any atom is 0.267 e. The number of aryl methyl sites for hydroxylation is 2. The van der Waals surface area contributed by atoms with Gasteiger partial charge in [0.1, 0.15) is 17.0 Å². The predicted octanol–water partition coefficient (Wildman–Crippen LogP) is 4.38. The first kappa shape index (κ1) is 26.2. The summed E-state index contributed by atoms with van der Waals surface area (Å²) >= 11 is 0. The molecule has 0 spiro atoms. The zero-order chi connectivity index (χ0) is 26.7. The summed E-state index contributed by atoms with van der Waals surface area (Å²) in [6.07, 6.45) is 0.524. The van der Waals surface area contributed by atoms with Crippen molar-refractivity contribution in [3.8, 4) is 0 Å². The molecule has 0 radical (unpaired) electrons. The van der Waals surface area contributed by atoms with E-state index < -0.39 is 11.9 Å². The summed E-state index contributed by atoms with van der Waals surface area (Å²) in [6.45, 7) is 8.18. The first-order valence-electron chi connectivity index (χ1n) is 12.4. The molecule has 0 bridgehead atoms. The van der Waals surface area contributed by atoms with Crippen LogP contribution in [0.25, 0.3) is 11.1 Å². The molecule has 4 aromatic rings. The number of hydrogen-bond donors (Lipinski definition) is 1. The van der Waals surface area contributed by atoms with E-state index in [0.717, 1.165) is 5.56 Å². The Labute approximate surface area is 214 Å². The largest absolute Gasteiger partial charge is 0.335 e. The fourth-order valence-electron chi connectivity index (χ4n) is 4.55. The standard InChI is InChI=1S/C28H32FN5O3/c1-17(2)24(33(14-8-13-30)27(35)21-12-11-18(3)22(29)15-21)25-31-26-23(19(4)32-37-26)28(36)34(25)16-20-9-6-5-7-10-20/h5-7,9-12,15,17,24H,8,13-14,16,30H2,1-4H3. The third-order valence-corrected chi connectivity index (χ3v) is 6.49. The lowest BCUT2D eigenvalue weighted by Gasteiger charge is -2.35. The molecule has 4 rings (SSSR count). The van der Waals surface area contributed by atoms with Gasteiger partial charge in [0, 0.05) is 12.1 Å². The summed E-state index contributed by atoms with van der Waals surface area (Å²) in [5.41, 5.74) is 7.68. The average molecular weight is 506 g/mol. The molecule has 2 heterocycles. The van der Waals surface area contributed by atoms with Gasteiger partial charge in [-0.15, -0.1) is 0 Å². The van der Waals surface area contributed by atoms with E-state index in [1.165, 1.54) is 6.07 Å². The first-order valence-corrected chi connectivity index (χ1v) is 12.4. The molecule has 0 aliphatic rings. The third-order valence-electron chi connectivity index (χ3n) is 6.49. The number of amides is 1. The van der Waals surface area contributed by atoms with Crippen LogP contribution in [0.3, 0.4) is 0 Å². The summed E-state index contributed by atoms with van der Waals surface area (Å²) in [4.78, 5) is 34.0. The number of carbonyl (C=O) groups is 1. The number of hydrogen-bond acceptors (Lipinski definition) is 6. The van der Waals surface area contributed by atoms with Gasteiger partial charge in [-0.3, -0.25) is 14.2 Å². The fraction of sp³-hybridized carbons (Fsp3) is 0.357. The van der Waals surface area contributed by atoms with Crippen molar-refractivity contribution in [1.82, 2.24) is 19.6 Å². The summed E-state index contributed by atoms with van der Waals surface area (Å²) < 4.78 is 21.4. The molecule has 1 amide bonds. The summed E-state index contributed by atoms with van der Waals surface area (Å²) in [6, 6.07) is 13.4. The van der Waals surface area contributed by atoms with Crippen LogP contribution < -0.4 is 11.3 Å². The Morgan fingerprint density at radius 2 is 1.89 bits per heavy atom. The van der Waals surface area contributed by atoms with E-state index in [-0.39, 0.29) is 35.2 Å². The number of fused-ring (bicyclic) bond motifs is 1. The van der Waals surface area contributed by atoms with Crippen molar-refractivity contribution >= 4 is 17.0 Å². The monoisotopic (exact) mass is 505 g/mol. The zero-order valence-corrected chi connectivity index (χ0v) is 21.6. The second-order valence-electron chi connectivity index (χ2n) is 9.59. The molecule has 9 heteroatoms. The Balaban J connectivity index is 1.91.